The van der Waals surface area contributed by atoms with Crippen molar-refractivity contribution in [1.82, 2.24) is 5.32 Å². The van der Waals surface area contributed by atoms with Crippen molar-refractivity contribution < 1.29 is 4.74 Å². The summed E-state index contributed by atoms with van der Waals surface area (Å²) >= 11 is 3.62. The molecule has 3 heteroatoms. The second kappa shape index (κ2) is 8.04. The molecule has 0 amide bonds. The lowest BCUT2D eigenvalue weighted by Gasteiger charge is -2.31. The average Bonchev–Trinajstić information content (AvgIpc) is 2.48. The molecule has 2 nitrogen and oxygen atoms in total. The summed E-state index contributed by atoms with van der Waals surface area (Å²) in [5.74, 6) is 1.75. The fraction of sp³-hybridized carbons (Fsp3) is 0.647. The Hall–Kier alpha value is -0.540. The van der Waals surface area contributed by atoms with Crippen LogP contribution in [0.25, 0.3) is 0 Å². The van der Waals surface area contributed by atoms with Crippen LogP contribution in [0.3, 0.4) is 0 Å². The molecular formula is C17H26BrNO. The summed E-state index contributed by atoms with van der Waals surface area (Å²) < 4.78 is 7.44. The first-order chi connectivity index (χ1) is 9.74. The monoisotopic (exact) mass is 339 g/mol. The Morgan fingerprint density at radius 2 is 2.05 bits per heavy atom. The largest absolute Gasteiger partial charge is 0.490 e. The van der Waals surface area contributed by atoms with E-state index in [4.69, 9.17) is 4.74 Å². The Morgan fingerprint density at radius 3 is 2.80 bits per heavy atom. The first-order valence-electron chi connectivity index (χ1n) is 7.90. The summed E-state index contributed by atoms with van der Waals surface area (Å²) in [6, 6.07) is 6.36. The van der Waals surface area contributed by atoms with Gasteiger partial charge < -0.3 is 10.1 Å². The second-order valence-electron chi connectivity index (χ2n) is 5.64. The fourth-order valence-electron chi connectivity index (χ4n) is 2.99. The van der Waals surface area contributed by atoms with Crippen molar-refractivity contribution >= 4 is 15.9 Å². The smallest absolute Gasteiger partial charge is 0.120 e. The lowest BCUT2D eigenvalue weighted by Crippen LogP contribution is -2.29. The molecule has 1 aromatic carbocycles. The number of nitrogens with one attached hydrogen (secondary N) is 1. The molecule has 0 heterocycles. The van der Waals surface area contributed by atoms with Gasteiger partial charge in [-0.05, 0) is 61.9 Å². The van der Waals surface area contributed by atoms with Crippen LogP contribution >= 0.6 is 15.9 Å². The third-order valence-corrected chi connectivity index (χ3v) is 5.01. The minimum atomic E-state index is 0.405. The molecule has 1 aliphatic carbocycles. The molecule has 2 unspecified atom stereocenters. The molecule has 1 aromatic rings. The number of halogens is 1. The molecule has 0 saturated heterocycles. The van der Waals surface area contributed by atoms with Gasteiger partial charge in [0.2, 0.25) is 0 Å². The van der Waals surface area contributed by atoms with E-state index >= 15 is 0 Å². The molecule has 0 aliphatic heterocycles. The summed E-state index contributed by atoms with van der Waals surface area (Å²) in [4.78, 5) is 0. The van der Waals surface area contributed by atoms with Crippen molar-refractivity contribution in [3.05, 3.63) is 28.2 Å². The predicted octanol–water partition coefficient (Wildman–Crippen LogP) is 4.91. The summed E-state index contributed by atoms with van der Waals surface area (Å²) in [5.41, 5.74) is 1.27. The molecule has 1 fully saturated rings. The minimum Gasteiger partial charge on any atom is -0.490 e. The zero-order valence-corrected chi connectivity index (χ0v) is 14.2. The number of hydrogen-bond acceptors (Lipinski definition) is 2. The highest BCUT2D eigenvalue weighted by Gasteiger charge is 2.25. The van der Waals surface area contributed by atoms with Gasteiger partial charge in [-0.2, -0.15) is 0 Å². The van der Waals surface area contributed by atoms with E-state index in [1.807, 2.05) is 0 Å². The van der Waals surface area contributed by atoms with Gasteiger partial charge in [0, 0.05) is 11.0 Å². The Morgan fingerprint density at radius 1 is 1.25 bits per heavy atom. The molecule has 1 saturated carbocycles. The molecule has 2 rings (SSSR count). The van der Waals surface area contributed by atoms with Crippen molar-refractivity contribution in [1.29, 1.82) is 0 Å². The zero-order valence-electron chi connectivity index (χ0n) is 12.6. The quantitative estimate of drug-likeness (QED) is 0.795. The second-order valence-corrected chi connectivity index (χ2v) is 6.50. The van der Waals surface area contributed by atoms with Crippen molar-refractivity contribution in [3.63, 3.8) is 0 Å². The number of benzene rings is 1. The molecular weight excluding hydrogens is 314 g/mol. The Balaban J connectivity index is 2.04. The maximum atomic E-state index is 6.29. The summed E-state index contributed by atoms with van der Waals surface area (Å²) in [5, 5.41) is 3.37. The van der Waals surface area contributed by atoms with E-state index in [1.54, 1.807) is 0 Å². The van der Waals surface area contributed by atoms with Gasteiger partial charge in [-0.15, -0.1) is 0 Å². The van der Waals surface area contributed by atoms with E-state index in [0.29, 0.717) is 6.10 Å². The van der Waals surface area contributed by atoms with Gasteiger partial charge in [0.05, 0.1) is 0 Å². The molecule has 2 atom stereocenters. The van der Waals surface area contributed by atoms with Crippen LogP contribution in [0.15, 0.2) is 22.7 Å². The normalized spacial score (nSPS) is 22.8. The first-order valence-corrected chi connectivity index (χ1v) is 8.69. The van der Waals surface area contributed by atoms with Crippen molar-refractivity contribution in [3.8, 4) is 5.75 Å². The topological polar surface area (TPSA) is 21.3 Å². The molecule has 112 valence electrons. The van der Waals surface area contributed by atoms with Crippen LogP contribution in [0.4, 0.5) is 0 Å². The third kappa shape index (κ3) is 4.23. The van der Waals surface area contributed by atoms with Gasteiger partial charge in [0.1, 0.15) is 11.9 Å². The molecule has 1 N–H and O–H groups in total. The Kier molecular flexibility index (Phi) is 6.37. The third-order valence-electron chi connectivity index (χ3n) is 4.23. The average molecular weight is 340 g/mol. The molecule has 0 spiro atoms. The first kappa shape index (κ1) is 15.8. The molecule has 1 aliphatic rings. The van der Waals surface area contributed by atoms with Crippen molar-refractivity contribution in [2.75, 3.05) is 6.54 Å². The number of rotatable bonds is 6. The van der Waals surface area contributed by atoms with E-state index in [2.05, 4.69) is 53.3 Å². The standard InChI is InChI=1S/C17H26BrNO/c1-3-13-7-5-6-8-17(13)20-15-9-10-16(18)14(11-15)12-19-4-2/h9-11,13,17,19H,3-8,12H2,1-2H3. The van der Waals surface area contributed by atoms with Gasteiger partial charge in [0.25, 0.3) is 0 Å². The van der Waals surface area contributed by atoms with Gasteiger partial charge in [0.15, 0.2) is 0 Å². The summed E-state index contributed by atoms with van der Waals surface area (Å²) in [7, 11) is 0. The van der Waals surface area contributed by atoms with E-state index in [0.717, 1.165) is 29.2 Å². The van der Waals surface area contributed by atoms with E-state index < -0.39 is 0 Å². The predicted molar refractivity (Wildman–Crippen MR) is 88.2 cm³/mol. The number of ether oxygens (including phenoxy) is 1. The molecule has 0 bridgehead atoms. The minimum absolute atomic E-state index is 0.405. The lowest BCUT2D eigenvalue weighted by atomic mass is 9.85. The maximum absolute atomic E-state index is 6.29. The van der Waals surface area contributed by atoms with Crippen LogP contribution in [0, 0.1) is 5.92 Å². The molecule has 20 heavy (non-hydrogen) atoms. The zero-order chi connectivity index (χ0) is 14.4. The van der Waals surface area contributed by atoms with Gasteiger partial charge in [-0.3, -0.25) is 0 Å². The molecule has 0 radical (unpaired) electrons. The van der Waals surface area contributed by atoms with Crippen LogP contribution in [-0.4, -0.2) is 12.6 Å². The highest BCUT2D eigenvalue weighted by molar-refractivity contribution is 9.10. The lowest BCUT2D eigenvalue weighted by molar-refractivity contribution is 0.0903. The van der Waals surface area contributed by atoms with Gasteiger partial charge in [-0.25, -0.2) is 0 Å². The van der Waals surface area contributed by atoms with Crippen LogP contribution in [0.2, 0.25) is 0 Å². The Labute approximate surface area is 131 Å². The van der Waals surface area contributed by atoms with Crippen LogP contribution in [-0.2, 0) is 6.54 Å². The van der Waals surface area contributed by atoms with Gasteiger partial charge >= 0.3 is 0 Å². The van der Waals surface area contributed by atoms with Crippen molar-refractivity contribution in [2.45, 2.75) is 58.6 Å². The van der Waals surface area contributed by atoms with E-state index in [1.165, 1.54) is 37.7 Å². The Bertz CT molecular complexity index is 421. The highest BCUT2D eigenvalue weighted by Crippen LogP contribution is 2.31. The summed E-state index contributed by atoms with van der Waals surface area (Å²) in [6.45, 7) is 6.28. The maximum Gasteiger partial charge on any atom is 0.120 e. The van der Waals surface area contributed by atoms with Crippen LogP contribution in [0.5, 0.6) is 5.75 Å². The highest BCUT2D eigenvalue weighted by atomic mass is 79.9. The van der Waals surface area contributed by atoms with Gasteiger partial charge in [-0.1, -0.05) is 36.2 Å². The van der Waals surface area contributed by atoms with E-state index in [-0.39, 0.29) is 0 Å². The van der Waals surface area contributed by atoms with E-state index in [9.17, 15) is 0 Å². The summed E-state index contributed by atoms with van der Waals surface area (Å²) in [6.07, 6.45) is 6.83. The van der Waals surface area contributed by atoms with Crippen LogP contribution < -0.4 is 10.1 Å². The van der Waals surface area contributed by atoms with Crippen molar-refractivity contribution in [2.24, 2.45) is 5.92 Å². The fourth-order valence-corrected chi connectivity index (χ4v) is 3.38. The number of hydrogen-bond donors (Lipinski definition) is 1. The SMILES string of the molecule is CCNCc1cc(OC2CCCCC2CC)ccc1Br. The molecule has 0 aromatic heterocycles. The van der Waals surface area contributed by atoms with Crippen LogP contribution in [0.1, 0.15) is 51.5 Å².